The molecule has 2 amide bonds. The molecule has 3 aromatic carbocycles. The third-order valence-corrected chi connectivity index (χ3v) is 6.27. The van der Waals surface area contributed by atoms with E-state index in [9.17, 15) is 9.59 Å². The second kappa shape index (κ2) is 11.5. The van der Waals surface area contributed by atoms with Crippen LogP contribution >= 0.6 is 0 Å². The predicted octanol–water partition coefficient (Wildman–Crippen LogP) is 5.92. The minimum atomic E-state index is -0.373. The molecule has 0 aliphatic rings. The van der Waals surface area contributed by atoms with Gasteiger partial charge in [0, 0.05) is 16.6 Å². The van der Waals surface area contributed by atoms with Gasteiger partial charge in [-0.2, -0.15) is 5.10 Å². The number of pyridine rings is 1. The third-order valence-electron chi connectivity index (χ3n) is 6.27. The maximum absolute atomic E-state index is 13.3. The van der Waals surface area contributed by atoms with Crippen LogP contribution in [0.1, 0.15) is 33.4 Å². The van der Waals surface area contributed by atoms with E-state index in [0.717, 1.165) is 11.1 Å². The highest BCUT2D eigenvalue weighted by Gasteiger charge is 2.15. The van der Waals surface area contributed by atoms with E-state index in [2.05, 4.69) is 15.8 Å². The quantitative estimate of drug-likeness (QED) is 0.189. The Morgan fingerprint density at radius 2 is 1.62 bits per heavy atom. The summed E-state index contributed by atoms with van der Waals surface area (Å²) in [6, 6.07) is 25.0. The Labute approximate surface area is 230 Å². The fourth-order valence-corrected chi connectivity index (χ4v) is 4.16. The van der Waals surface area contributed by atoms with Gasteiger partial charge in [-0.05, 0) is 67.1 Å². The zero-order valence-corrected chi connectivity index (χ0v) is 22.1. The van der Waals surface area contributed by atoms with Crippen molar-refractivity contribution in [2.45, 2.75) is 6.92 Å². The van der Waals surface area contributed by atoms with Gasteiger partial charge in [0.25, 0.3) is 11.8 Å². The molecule has 9 nitrogen and oxygen atoms in total. The molecule has 2 heterocycles. The second-order valence-electron chi connectivity index (χ2n) is 8.79. The van der Waals surface area contributed by atoms with E-state index in [0.29, 0.717) is 45.1 Å². The molecule has 5 rings (SSSR count). The van der Waals surface area contributed by atoms with Crippen molar-refractivity contribution in [3.05, 3.63) is 108 Å². The average molecular weight is 535 g/mol. The number of nitrogens with zero attached hydrogens (tertiary/aromatic N) is 2. The van der Waals surface area contributed by atoms with Crippen molar-refractivity contribution in [1.29, 1.82) is 0 Å². The van der Waals surface area contributed by atoms with Crippen LogP contribution in [0.4, 0.5) is 5.69 Å². The van der Waals surface area contributed by atoms with Gasteiger partial charge < -0.3 is 19.2 Å². The summed E-state index contributed by atoms with van der Waals surface area (Å²) in [5, 5.41) is 7.79. The Hall–Kier alpha value is -5.44. The topological polar surface area (TPSA) is 115 Å². The van der Waals surface area contributed by atoms with E-state index < -0.39 is 0 Å². The van der Waals surface area contributed by atoms with Crippen molar-refractivity contribution in [3.63, 3.8) is 0 Å². The Balaban J connectivity index is 1.37. The number of ether oxygens (including phenoxy) is 2. The molecule has 0 saturated carbocycles. The summed E-state index contributed by atoms with van der Waals surface area (Å²) in [5.74, 6) is 0.674. The fourth-order valence-electron chi connectivity index (χ4n) is 4.16. The predicted molar refractivity (Wildman–Crippen MR) is 153 cm³/mol. The van der Waals surface area contributed by atoms with Crippen LogP contribution in [0, 0.1) is 0 Å². The molecule has 0 radical (unpaired) electrons. The summed E-state index contributed by atoms with van der Waals surface area (Å²) in [5.41, 5.74) is 7.14. The minimum absolute atomic E-state index is 0.224. The lowest BCUT2D eigenvalue weighted by molar-refractivity contribution is 0.0955. The largest absolute Gasteiger partial charge is 0.493 e. The molecule has 9 heteroatoms. The normalized spacial score (nSPS) is 11.2. The van der Waals surface area contributed by atoms with E-state index in [4.69, 9.17) is 18.9 Å². The van der Waals surface area contributed by atoms with Crippen LogP contribution in [0.5, 0.6) is 11.5 Å². The highest BCUT2D eigenvalue weighted by molar-refractivity contribution is 6.08. The number of aromatic nitrogens is 1. The van der Waals surface area contributed by atoms with Crippen molar-refractivity contribution in [2.75, 3.05) is 19.5 Å². The number of para-hydroxylation sites is 1. The van der Waals surface area contributed by atoms with Crippen molar-refractivity contribution in [2.24, 2.45) is 5.10 Å². The molecule has 0 fully saturated rings. The lowest BCUT2D eigenvalue weighted by Gasteiger charge is -2.12. The van der Waals surface area contributed by atoms with Crippen molar-refractivity contribution in [3.8, 4) is 22.8 Å². The molecule has 40 heavy (non-hydrogen) atoms. The highest BCUT2D eigenvalue weighted by Crippen LogP contribution is 2.33. The molecule has 0 saturated heterocycles. The zero-order chi connectivity index (χ0) is 28.1. The number of rotatable bonds is 8. The zero-order valence-electron chi connectivity index (χ0n) is 22.1. The first-order valence-electron chi connectivity index (χ1n) is 12.4. The number of hydrogen-bond donors (Lipinski definition) is 2. The van der Waals surface area contributed by atoms with Crippen LogP contribution in [-0.4, -0.2) is 36.7 Å². The molecule has 5 aromatic rings. The van der Waals surface area contributed by atoms with Crippen LogP contribution < -0.4 is 20.2 Å². The van der Waals surface area contributed by atoms with Gasteiger partial charge >= 0.3 is 0 Å². The molecule has 200 valence electrons. The van der Waals surface area contributed by atoms with Crippen molar-refractivity contribution < 1.29 is 23.5 Å². The number of hydrazone groups is 1. The van der Waals surface area contributed by atoms with Gasteiger partial charge in [-0.1, -0.05) is 30.3 Å². The van der Waals surface area contributed by atoms with Crippen LogP contribution in [0.25, 0.3) is 22.2 Å². The summed E-state index contributed by atoms with van der Waals surface area (Å²) in [7, 11) is 3.14. The van der Waals surface area contributed by atoms with Gasteiger partial charge in [-0.3, -0.25) is 9.59 Å². The monoisotopic (exact) mass is 534 g/mol. The summed E-state index contributed by atoms with van der Waals surface area (Å²) < 4.78 is 15.9. The first-order valence-corrected chi connectivity index (χ1v) is 12.4. The van der Waals surface area contributed by atoms with Gasteiger partial charge in [-0.15, -0.1) is 0 Å². The van der Waals surface area contributed by atoms with Gasteiger partial charge in [-0.25, -0.2) is 10.4 Å². The fraction of sp³-hybridized carbons (Fsp3) is 0.0968. The minimum Gasteiger partial charge on any atom is -0.493 e. The molecule has 0 bridgehead atoms. The Bertz CT molecular complexity index is 1710. The summed E-state index contributed by atoms with van der Waals surface area (Å²) in [6.45, 7) is 1.79. The maximum atomic E-state index is 13.3. The molecule has 0 unspecified atom stereocenters. The van der Waals surface area contributed by atoms with E-state index >= 15 is 0 Å². The lowest BCUT2D eigenvalue weighted by atomic mass is 10.0. The number of fused-ring (bicyclic) bond motifs is 1. The standard InChI is InChI=1S/C31H26N4O5/c1-19(20-10-13-22(14-11-20)32-31(37)28-9-6-16-40-28)34-35-30(36)24-18-26(33-25-8-5-4-7-23(24)25)21-12-15-27(38-2)29(17-21)39-3/h4-18H,1-3H3,(H,32,37)(H,35,36)/b34-19-. The van der Waals surface area contributed by atoms with Gasteiger partial charge in [0.15, 0.2) is 17.3 Å². The lowest BCUT2D eigenvalue weighted by Crippen LogP contribution is -2.20. The molecule has 2 aromatic heterocycles. The van der Waals surface area contributed by atoms with Crippen molar-refractivity contribution in [1.82, 2.24) is 10.4 Å². The van der Waals surface area contributed by atoms with Crippen LogP contribution in [0.3, 0.4) is 0 Å². The molecule has 0 atom stereocenters. The second-order valence-corrected chi connectivity index (χ2v) is 8.79. The van der Waals surface area contributed by atoms with Gasteiger partial charge in [0.05, 0.1) is 43.0 Å². The molecular formula is C31H26N4O5. The number of nitrogens with one attached hydrogen (secondary N) is 2. The molecule has 0 aliphatic carbocycles. The molecule has 0 aliphatic heterocycles. The number of carbonyl (C=O) groups excluding carboxylic acids is 2. The van der Waals surface area contributed by atoms with Crippen LogP contribution in [0.2, 0.25) is 0 Å². The Morgan fingerprint density at radius 3 is 2.35 bits per heavy atom. The first kappa shape index (κ1) is 26.2. The summed E-state index contributed by atoms with van der Waals surface area (Å²) >= 11 is 0. The van der Waals surface area contributed by atoms with Gasteiger partial charge in [0.2, 0.25) is 0 Å². The van der Waals surface area contributed by atoms with E-state index in [-0.39, 0.29) is 17.6 Å². The van der Waals surface area contributed by atoms with E-state index in [1.54, 1.807) is 69.7 Å². The number of carbonyl (C=O) groups is 2. The highest BCUT2D eigenvalue weighted by atomic mass is 16.5. The number of furan rings is 1. The number of anilines is 1. The first-order chi connectivity index (χ1) is 19.5. The number of benzene rings is 3. The Kier molecular flexibility index (Phi) is 7.54. The number of hydrogen-bond acceptors (Lipinski definition) is 7. The average Bonchev–Trinajstić information content (AvgIpc) is 3.54. The summed E-state index contributed by atoms with van der Waals surface area (Å²) in [6.07, 6.45) is 1.44. The summed E-state index contributed by atoms with van der Waals surface area (Å²) in [4.78, 5) is 30.3. The number of amides is 2. The smallest absolute Gasteiger partial charge is 0.291 e. The SMILES string of the molecule is COc1ccc(-c2cc(C(=O)N/N=C(/C)c3ccc(NC(=O)c4ccco4)cc3)c3ccccc3n2)cc1OC. The van der Waals surface area contributed by atoms with Crippen LogP contribution in [0.15, 0.2) is 101 Å². The molecule has 2 N–H and O–H groups in total. The number of methoxy groups -OCH3 is 2. The van der Waals surface area contributed by atoms with E-state index in [1.165, 1.54) is 6.26 Å². The molecule has 0 spiro atoms. The van der Waals surface area contributed by atoms with Crippen molar-refractivity contribution >= 4 is 34.1 Å². The molecular weight excluding hydrogens is 508 g/mol. The van der Waals surface area contributed by atoms with Gasteiger partial charge in [0.1, 0.15) is 0 Å². The third kappa shape index (κ3) is 5.53. The maximum Gasteiger partial charge on any atom is 0.291 e. The Morgan fingerprint density at radius 1 is 0.850 bits per heavy atom. The van der Waals surface area contributed by atoms with Crippen LogP contribution in [-0.2, 0) is 0 Å². The van der Waals surface area contributed by atoms with E-state index in [1.807, 2.05) is 36.4 Å².